The fourth-order valence-electron chi connectivity index (χ4n) is 2.27. The molecule has 4 aromatic rings. The van der Waals surface area contributed by atoms with Crippen LogP contribution in [0.15, 0.2) is 42.7 Å². The molecule has 4 aromatic heterocycles. The summed E-state index contributed by atoms with van der Waals surface area (Å²) in [6, 6.07) is 5.40. The first-order valence-electron chi connectivity index (χ1n) is 7.85. The number of hydrogen-bond donors (Lipinski definition) is 1. The molecule has 1 amide bonds. The lowest BCUT2D eigenvalue weighted by Gasteiger charge is -2.02. The number of carbonyl (C=O) groups is 1. The molecule has 0 fully saturated rings. The fraction of sp³-hybridized carbons (Fsp3) is 0.188. The van der Waals surface area contributed by atoms with E-state index in [0.29, 0.717) is 18.0 Å². The van der Waals surface area contributed by atoms with E-state index < -0.39 is 5.76 Å². The largest absolute Gasteiger partial charge is 0.437 e. The topological polar surface area (TPSA) is 116 Å². The predicted molar refractivity (Wildman–Crippen MR) is 98.3 cm³/mol. The highest BCUT2D eigenvalue weighted by Gasteiger charge is 2.18. The Hall–Kier alpha value is -3.05. The molecule has 27 heavy (non-hydrogen) atoms. The van der Waals surface area contributed by atoms with Crippen molar-refractivity contribution >= 4 is 28.6 Å². The van der Waals surface area contributed by atoms with Gasteiger partial charge in [-0.15, -0.1) is 27.8 Å². The first-order chi connectivity index (χ1) is 13.1. The number of nitrogens with zero attached hydrogens (tertiary/aromatic N) is 4. The zero-order chi connectivity index (χ0) is 18.8. The van der Waals surface area contributed by atoms with E-state index >= 15 is 0 Å². The highest BCUT2D eigenvalue weighted by atomic mass is 32.1. The van der Waals surface area contributed by atoms with Gasteiger partial charge in [-0.3, -0.25) is 4.79 Å². The van der Waals surface area contributed by atoms with Crippen LogP contribution in [-0.2, 0) is 17.9 Å². The number of aryl methyl sites for hydroxylation is 1. The van der Waals surface area contributed by atoms with Crippen molar-refractivity contribution in [2.75, 3.05) is 0 Å². The Balaban J connectivity index is 1.46. The summed E-state index contributed by atoms with van der Waals surface area (Å²) in [5.41, 5.74) is 0.900. The number of amides is 1. The van der Waals surface area contributed by atoms with Gasteiger partial charge in [0.25, 0.3) is 5.89 Å². The highest BCUT2D eigenvalue weighted by molar-refractivity contribution is 7.10. The predicted octanol–water partition coefficient (Wildman–Crippen LogP) is 2.30. The van der Waals surface area contributed by atoms with E-state index in [4.69, 9.17) is 8.94 Å². The lowest BCUT2D eigenvalue weighted by molar-refractivity contribution is -0.122. The van der Waals surface area contributed by atoms with Crippen molar-refractivity contribution in [3.8, 4) is 23.0 Å². The minimum atomic E-state index is -0.745. The van der Waals surface area contributed by atoms with Crippen molar-refractivity contribution < 1.29 is 13.7 Å². The minimum absolute atomic E-state index is 0.0204. The second-order valence-corrected chi connectivity index (χ2v) is 7.61. The number of nitrogens with one attached hydrogen (secondary N) is 1. The van der Waals surface area contributed by atoms with Gasteiger partial charge in [0.2, 0.25) is 5.91 Å². The van der Waals surface area contributed by atoms with Crippen LogP contribution in [0.5, 0.6) is 0 Å². The van der Waals surface area contributed by atoms with E-state index in [-0.39, 0.29) is 24.0 Å². The summed E-state index contributed by atoms with van der Waals surface area (Å²) in [6.07, 6.45) is 0. The summed E-state index contributed by atoms with van der Waals surface area (Å²) in [5, 5.41) is 15.3. The van der Waals surface area contributed by atoms with E-state index in [1.165, 1.54) is 22.7 Å². The first-order valence-corrected chi connectivity index (χ1v) is 9.61. The van der Waals surface area contributed by atoms with Crippen LogP contribution in [0.3, 0.4) is 0 Å². The van der Waals surface area contributed by atoms with Crippen molar-refractivity contribution in [3.63, 3.8) is 0 Å². The summed E-state index contributed by atoms with van der Waals surface area (Å²) >= 11 is 3.02. The molecule has 0 radical (unpaired) electrons. The number of thiazole rings is 1. The van der Waals surface area contributed by atoms with Crippen LogP contribution in [0.25, 0.3) is 23.0 Å². The van der Waals surface area contributed by atoms with Crippen LogP contribution < -0.4 is 11.1 Å². The molecule has 0 aliphatic rings. The molecule has 0 bridgehead atoms. The van der Waals surface area contributed by atoms with Gasteiger partial charge < -0.3 is 14.3 Å². The molecule has 0 unspecified atom stereocenters. The van der Waals surface area contributed by atoms with Gasteiger partial charge in [0.15, 0.2) is 11.5 Å². The number of aromatic nitrogens is 4. The third kappa shape index (κ3) is 3.88. The Morgan fingerprint density at radius 1 is 1.33 bits per heavy atom. The van der Waals surface area contributed by atoms with Crippen molar-refractivity contribution in [1.82, 2.24) is 25.2 Å². The molecule has 4 heterocycles. The molecule has 4 rings (SSSR count). The molecule has 1 N–H and O–H groups in total. The maximum absolute atomic E-state index is 12.0. The summed E-state index contributed by atoms with van der Waals surface area (Å²) in [4.78, 5) is 29.3. The molecule has 0 saturated carbocycles. The lowest BCUT2D eigenvalue weighted by atomic mass is 10.3. The maximum atomic E-state index is 12.0. The molecule has 0 saturated heterocycles. The Morgan fingerprint density at radius 3 is 2.96 bits per heavy atom. The third-order valence-corrected chi connectivity index (χ3v) is 5.19. The van der Waals surface area contributed by atoms with Gasteiger partial charge in [0.05, 0.1) is 11.6 Å². The monoisotopic (exact) mass is 403 g/mol. The minimum Gasteiger partial charge on any atom is -0.386 e. The zero-order valence-corrected chi connectivity index (χ0v) is 15.7. The van der Waals surface area contributed by atoms with E-state index in [1.54, 1.807) is 6.07 Å². The highest BCUT2D eigenvalue weighted by Crippen LogP contribution is 2.25. The average Bonchev–Trinajstić information content (AvgIpc) is 3.41. The molecule has 138 valence electrons. The molecule has 0 aliphatic heterocycles. The van der Waals surface area contributed by atoms with Crippen LogP contribution in [0, 0.1) is 6.92 Å². The molecule has 0 aromatic carbocycles. The SMILES string of the molecule is Cc1nc(-c2cc(-c3nn(CC(=O)NCc4cccs4)c(=O)o3)no2)cs1. The number of rotatable bonds is 6. The van der Waals surface area contributed by atoms with Gasteiger partial charge in [-0.2, -0.15) is 4.68 Å². The Bertz CT molecular complexity index is 1120. The standard InChI is InChI=1S/C16H13N5O4S2/c1-9-18-12(8-27-9)13-5-11(20-25-13)15-19-21(16(23)24-15)7-14(22)17-6-10-3-2-4-26-10/h2-5,8H,6-7H2,1H3,(H,17,22). The number of carbonyl (C=O) groups excluding carboxylic acids is 1. The zero-order valence-electron chi connectivity index (χ0n) is 14.0. The molecule has 0 spiro atoms. The van der Waals surface area contributed by atoms with E-state index in [0.717, 1.165) is 14.6 Å². The molecular formula is C16H13N5O4S2. The summed E-state index contributed by atoms with van der Waals surface area (Å²) in [7, 11) is 0. The van der Waals surface area contributed by atoms with Gasteiger partial charge in [0, 0.05) is 16.3 Å². The normalized spacial score (nSPS) is 11.0. The van der Waals surface area contributed by atoms with Gasteiger partial charge in [-0.1, -0.05) is 11.2 Å². The van der Waals surface area contributed by atoms with Gasteiger partial charge in [-0.05, 0) is 18.4 Å². The van der Waals surface area contributed by atoms with Gasteiger partial charge >= 0.3 is 5.76 Å². The first kappa shape index (κ1) is 17.4. The Kier molecular flexibility index (Phi) is 4.69. The fourth-order valence-corrected chi connectivity index (χ4v) is 3.52. The molecule has 11 heteroatoms. The molecule has 0 atom stereocenters. The number of thiophene rings is 1. The van der Waals surface area contributed by atoms with Crippen LogP contribution in [0.1, 0.15) is 9.88 Å². The second-order valence-electron chi connectivity index (χ2n) is 5.52. The third-order valence-electron chi connectivity index (χ3n) is 3.54. The Labute approximate surface area is 160 Å². The van der Waals surface area contributed by atoms with E-state index in [1.807, 2.05) is 29.8 Å². The van der Waals surface area contributed by atoms with Crippen LogP contribution >= 0.6 is 22.7 Å². The van der Waals surface area contributed by atoms with Gasteiger partial charge in [-0.25, -0.2) is 9.78 Å². The van der Waals surface area contributed by atoms with Crippen molar-refractivity contribution in [2.24, 2.45) is 0 Å². The van der Waals surface area contributed by atoms with E-state index in [2.05, 4.69) is 20.6 Å². The maximum Gasteiger partial charge on any atom is 0.437 e. The summed E-state index contributed by atoms with van der Waals surface area (Å²) < 4.78 is 11.3. The smallest absolute Gasteiger partial charge is 0.386 e. The summed E-state index contributed by atoms with van der Waals surface area (Å²) in [6.45, 7) is 2.04. The van der Waals surface area contributed by atoms with Crippen LogP contribution in [-0.4, -0.2) is 25.8 Å². The summed E-state index contributed by atoms with van der Waals surface area (Å²) in [5.74, 6) is -0.664. The van der Waals surface area contributed by atoms with Crippen molar-refractivity contribution in [3.05, 3.63) is 49.4 Å². The van der Waals surface area contributed by atoms with Crippen LogP contribution in [0.4, 0.5) is 0 Å². The second kappa shape index (κ2) is 7.29. The molecule has 0 aliphatic carbocycles. The van der Waals surface area contributed by atoms with Crippen molar-refractivity contribution in [2.45, 2.75) is 20.0 Å². The molecular weight excluding hydrogens is 390 g/mol. The van der Waals surface area contributed by atoms with Gasteiger partial charge in [0.1, 0.15) is 12.2 Å². The lowest BCUT2D eigenvalue weighted by Crippen LogP contribution is -2.30. The molecule has 9 nitrogen and oxygen atoms in total. The van der Waals surface area contributed by atoms with Crippen molar-refractivity contribution in [1.29, 1.82) is 0 Å². The quantitative estimate of drug-likeness (QED) is 0.525. The Morgan fingerprint density at radius 2 is 2.22 bits per heavy atom. The average molecular weight is 403 g/mol. The van der Waals surface area contributed by atoms with Crippen LogP contribution in [0.2, 0.25) is 0 Å². The van der Waals surface area contributed by atoms with E-state index in [9.17, 15) is 9.59 Å². The number of hydrogen-bond acceptors (Lipinski definition) is 9.